The first kappa shape index (κ1) is 12.2. The van der Waals surface area contributed by atoms with Crippen LogP contribution < -0.4 is 0 Å². The van der Waals surface area contributed by atoms with E-state index in [-0.39, 0.29) is 0 Å². The van der Waals surface area contributed by atoms with Gasteiger partial charge in [-0.05, 0) is 0 Å². The Kier molecular flexibility index (Phi) is 2.41. The van der Waals surface area contributed by atoms with Crippen LogP contribution in [0.2, 0.25) is 0 Å². The number of fused-ring (bicyclic) bond motifs is 1. The fraction of sp³-hybridized carbons (Fsp3) is 1.00. The van der Waals surface area contributed by atoms with Gasteiger partial charge in [-0.1, -0.05) is 13.8 Å². The van der Waals surface area contributed by atoms with E-state index in [1.807, 2.05) is 0 Å². The molecule has 1 unspecified atom stereocenters. The first-order chi connectivity index (χ1) is 7.29. The van der Waals surface area contributed by atoms with Gasteiger partial charge in [0.2, 0.25) is 0 Å². The lowest BCUT2D eigenvalue weighted by atomic mass is 9.97. The Morgan fingerprint density at radius 1 is 1.25 bits per heavy atom. The number of rotatable bonds is 2. The number of methoxy groups -OCH3 is 1. The van der Waals surface area contributed by atoms with E-state index in [1.54, 1.807) is 13.8 Å². The molecule has 5 atom stereocenters. The molecule has 1 aliphatic carbocycles. The minimum Gasteiger partial charge on any atom is -0.394 e. The van der Waals surface area contributed by atoms with Crippen LogP contribution in [0.1, 0.15) is 13.8 Å². The number of hydrogen-bond acceptors (Lipinski definition) is 6. The maximum absolute atomic E-state index is 10.3. The van der Waals surface area contributed by atoms with Gasteiger partial charge in [-0.3, -0.25) is 0 Å². The van der Waals surface area contributed by atoms with Crippen molar-refractivity contribution in [3.63, 3.8) is 0 Å². The molecule has 0 spiro atoms. The van der Waals surface area contributed by atoms with Gasteiger partial charge in [-0.25, -0.2) is 0 Å². The first-order valence-electron chi connectivity index (χ1n) is 5.21. The zero-order chi connectivity index (χ0) is 12.4. The van der Waals surface area contributed by atoms with E-state index in [0.29, 0.717) is 0 Å². The van der Waals surface area contributed by atoms with E-state index >= 15 is 0 Å². The fourth-order valence-corrected chi connectivity index (χ4v) is 2.94. The fourth-order valence-electron chi connectivity index (χ4n) is 2.94. The van der Waals surface area contributed by atoms with Crippen molar-refractivity contribution in [3.8, 4) is 0 Å². The van der Waals surface area contributed by atoms with Gasteiger partial charge in [0.05, 0.1) is 6.61 Å². The lowest BCUT2D eigenvalue weighted by molar-refractivity contribution is -0.295. The molecule has 94 valence electrons. The van der Waals surface area contributed by atoms with Crippen molar-refractivity contribution in [2.45, 2.75) is 43.5 Å². The number of hydrogen-bond donors (Lipinski definition) is 4. The average molecular weight is 234 g/mol. The molecule has 1 aliphatic heterocycles. The van der Waals surface area contributed by atoms with Crippen molar-refractivity contribution >= 4 is 0 Å². The molecule has 1 saturated heterocycles. The average Bonchev–Trinajstić information content (AvgIpc) is 2.61. The van der Waals surface area contributed by atoms with Crippen LogP contribution >= 0.6 is 0 Å². The second-order valence-electron chi connectivity index (χ2n) is 5.03. The molecular weight excluding hydrogens is 216 g/mol. The lowest BCUT2D eigenvalue weighted by Gasteiger charge is -2.38. The SMILES string of the molecule is COC1O[C@H](CO)[C@@H](O)[C@@]2(O)C(C)(C)[C@@]12O. The van der Waals surface area contributed by atoms with Crippen LogP contribution in [0.3, 0.4) is 0 Å². The Labute approximate surface area is 93.4 Å². The first-order valence-corrected chi connectivity index (χ1v) is 5.21. The van der Waals surface area contributed by atoms with Gasteiger partial charge in [0, 0.05) is 12.5 Å². The van der Waals surface area contributed by atoms with E-state index in [1.165, 1.54) is 7.11 Å². The van der Waals surface area contributed by atoms with Crippen LogP contribution in [0.25, 0.3) is 0 Å². The molecule has 6 nitrogen and oxygen atoms in total. The standard InChI is InChI=1S/C10H18O6/c1-8(2)9(13)6(12)5(4-11)16-7(15-3)10(8,9)14/h5-7,11-14H,4H2,1-3H3/t5-,6-,7?,9-,10+/m1/s1. The highest BCUT2D eigenvalue weighted by molar-refractivity contribution is 5.38. The van der Waals surface area contributed by atoms with Crippen molar-refractivity contribution in [1.29, 1.82) is 0 Å². The zero-order valence-corrected chi connectivity index (χ0v) is 9.54. The quantitative estimate of drug-likeness (QED) is 0.450. The predicted molar refractivity (Wildman–Crippen MR) is 52.4 cm³/mol. The lowest BCUT2D eigenvalue weighted by Crippen LogP contribution is -2.58. The molecule has 1 heterocycles. The Morgan fingerprint density at radius 3 is 2.25 bits per heavy atom. The molecule has 2 fully saturated rings. The van der Waals surface area contributed by atoms with Crippen LogP contribution in [0, 0.1) is 5.41 Å². The number of ether oxygens (including phenoxy) is 2. The summed E-state index contributed by atoms with van der Waals surface area (Å²) in [6.45, 7) is 2.78. The van der Waals surface area contributed by atoms with Crippen LogP contribution in [0.5, 0.6) is 0 Å². The molecule has 0 aromatic heterocycles. The molecule has 0 amide bonds. The Morgan fingerprint density at radius 2 is 1.81 bits per heavy atom. The third-order valence-electron chi connectivity index (χ3n) is 4.24. The third-order valence-corrected chi connectivity index (χ3v) is 4.24. The zero-order valence-electron chi connectivity index (χ0n) is 9.54. The second kappa shape index (κ2) is 3.16. The highest BCUT2D eigenvalue weighted by atomic mass is 16.7. The van der Waals surface area contributed by atoms with Gasteiger partial charge in [-0.2, -0.15) is 0 Å². The molecule has 0 radical (unpaired) electrons. The monoisotopic (exact) mass is 234 g/mol. The summed E-state index contributed by atoms with van der Waals surface area (Å²) in [6.07, 6.45) is -3.37. The molecule has 1 saturated carbocycles. The summed E-state index contributed by atoms with van der Waals surface area (Å²) in [7, 11) is 1.34. The Hall–Kier alpha value is -0.240. The molecule has 0 aromatic rings. The smallest absolute Gasteiger partial charge is 0.190 e. The van der Waals surface area contributed by atoms with Crippen molar-refractivity contribution in [3.05, 3.63) is 0 Å². The molecular formula is C10H18O6. The molecule has 6 heteroatoms. The molecule has 0 bridgehead atoms. The summed E-state index contributed by atoms with van der Waals surface area (Å²) in [5, 5.41) is 39.6. The highest BCUT2D eigenvalue weighted by Gasteiger charge is 2.91. The minimum absolute atomic E-state index is 0.449. The third kappa shape index (κ3) is 0.942. The normalized spacial score (nSPS) is 54.6. The van der Waals surface area contributed by atoms with E-state index in [2.05, 4.69) is 0 Å². The van der Waals surface area contributed by atoms with Crippen LogP contribution in [-0.2, 0) is 9.47 Å². The minimum atomic E-state index is -1.72. The van der Waals surface area contributed by atoms with Crippen molar-refractivity contribution in [2.24, 2.45) is 5.41 Å². The van der Waals surface area contributed by atoms with E-state index in [0.717, 1.165) is 0 Å². The molecule has 4 N–H and O–H groups in total. The predicted octanol–water partition coefficient (Wildman–Crippen LogP) is -1.79. The van der Waals surface area contributed by atoms with E-state index < -0.39 is 41.7 Å². The topological polar surface area (TPSA) is 99.4 Å². The Bertz CT molecular complexity index is 306. The highest BCUT2D eigenvalue weighted by Crippen LogP contribution is 2.70. The summed E-state index contributed by atoms with van der Waals surface area (Å²) in [5.74, 6) is 0. The molecule has 2 rings (SSSR count). The van der Waals surface area contributed by atoms with Gasteiger partial charge < -0.3 is 29.9 Å². The molecule has 16 heavy (non-hydrogen) atoms. The van der Waals surface area contributed by atoms with E-state index in [9.17, 15) is 15.3 Å². The van der Waals surface area contributed by atoms with Crippen LogP contribution in [-0.4, -0.2) is 63.8 Å². The molecule has 2 aliphatic rings. The van der Waals surface area contributed by atoms with Gasteiger partial charge in [0.1, 0.15) is 17.8 Å². The summed E-state index contributed by atoms with van der Waals surface area (Å²) in [6, 6.07) is 0. The van der Waals surface area contributed by atoms with Crippen LogP contribution in [0.4, 0.5) is 0 Å². The largest absolute Gasteiger partial charge is 0.394 e. The van der Waals surface area contributed by atoms with Crippen molar-refractivity contribution in [2.75, 3.05) is 13.7 Å². The van der Waals surface area contributed by atoms with Gasteiger partial charge in [0.25, 0.3) is 0 Å². The maximum atomic E-state index is 10.3. The molecule has 0 aromatic carbocycles. The van der Waals surface area contributed by atoms with Gasteiger partial charge >= 0.3 is 0 Å². The van der Waals surface area contributed by atoms with Crippen molar-refractivity contribution in [1.82, 2.24) is 0 Å². The van der Waals surface area contributed by atoms with Crippen LogP contribution in [0.15, 0.2) is 0 Å². The summed E-state index contributed by atoms with van der Waals surface area (Å²) < 4.78 is 10.2. The van der Waals surface area contributed by atoms with Gasteiger partial charge in [0.15, 0.2) is 11.9 Å². The summed E-state index contributed by atoms with van der Waals surface area (Å²) >= 11 is 0. The number of aliphatic hydroxyl groups is 4. The summed E-state index contributed by atoms with van der Waals surface area (Å²) in [4.78, 5) is 0. The van der Waals surface area contributed by atoms with Crippen molar-refractivity contribution < 1.29 is 29.9 Å². The summed E-state index contributed by atoms with van der Waals surface area (Å²) in [5.41, 5.74) is -4.32. The number of aliphatic hydroxyl groups excluding tert-OH is 2. The van der Waals surface area contributed by atoms with Gasteiger partial charge in [-0.15, -0.1) is 0 Å². The Balaban J connectivity index is 2.40. The second-order valence-corrected chi connectivity index (χ2v) is 5.03. The maximum Gasteiger partial charge on any atom is 0.190 e. The van der Waals surface area contributed by atoms with E-state index in [4.69, 9.17) is 14.6 Å².